The predicted octanol–water partition coefficient (Wildman–Crippen LogP) is 2.66. The van der Waals surface area contributed by atoms with Gasteiger partial charge in [0.25, 0.3) is 5.91 Å². The number of hydrogen-bond donors (Lipinski definition) is 0. The van der Waals surface area contributed by atoms with E-state index < -0.39 is 0 Å². The third-order valence-electron chi connectivity index (χ3n) is 4.07. The first-order valence-corrected chi connectivity index (χ1v) is 8.91. The number of benzene rings is 1. The Balaban J connectivity index is 1.46. The van der Waals surface area contributed by atoms with Gasteiger partial charge in [-0.05, 0) is 25.1 Å². The van der Waals surface area contributed by atoms with Gasteiger partial charge in [0.1, 0.15) is 6.26 Å². The molecule has 0 N–H and O–H groups in total. The molecule has 2 heterocycles. The Hall–Kier alpha value is -2.21. The number of carbonyl (C=O) groups excluding carboxylic acids is 2. The normalized spacial score (nSPS) is 14.7. The summed E-state index contributed by atoms with van der Waals surface area (Å²) in [6.45, 7) is 4.33. The number of rotatable bonds is 4. The number of nitrogens with zero attached hydrogens (tertiary/aromatic N) is 2. The van der Waals surface area contributed by atoms with E-state index in [4.69, 9.17) is 4.42 Å². The van der Waals surface area contributed by atoms with Crippen molar-refractivity contribution in [3.8, 4) is 0 Å². The quantitative estimate of drug-likeness (QED) is 0.800. The SMILES string of the molecule is Cc1ccc(SCC(=O)N2CCN(C(=O)c3ccoc3)CC2)cc1. The summed E-state index contributed by atoms with van der Waals surface area (Å²) >= 11 is 1.55. The molecule has 0 bridgehead atoms. The number of piperazine rings is 1. The third kappa shape index (κ3) is 4.00. The lowest BCUT2D eigenvalue weighted by atomic mass is 10.2. The van der Waals surface area contributed by atoms with Crippen LogP contribution >= 0.6 is 11.8 Å². The molecule has 0 saturated carbocycles. The van der Waals surface area contributed by atoms with Gasteiger partial charge in [-0.1, -0.05) is 17.7 Å². The number of aryl methyl sites for hydroxylation is 1. The molecule has 2 amide bonds. The summed E-state index contributed by atoms with van der Waals surface area (Å²) < 4.78 is 4.95. The van der Waals surface area contributed by atoms with Gasteiger partial charge in [-0.15, -0.1) is 11.8 Å². The minimum atomic E-state index is -0.0371. The first-order valence-electron chi connectivity index (χ1n) is 7.92. The van der Waals surface area contributed by atoms with Crippen molar-refractivity contribution < 1.29 is 14.0 Å². The Bertz CT molecular complexity index is 690. The Morgan fingerprint density at radius 1 is 1.04 bits per heavy atom. The summed E-state index contributed by atoms with van der Waals surface area (Å²) in [4.78, 5) is 29.3. The highest BCUT2D eigenvalue weighted by molar-refractivity contribution is 8.00. The second-order valence-electron chi connectivity index (χ2n) is 5.79. The minimum Gasteiger partial charge on any atom is -0.472 e. The first-order chi connectivity index (χ1) is 11.6. The van der Waals surface area contributed by atoms with Crippen LogP contribution in [0.25, 0.3) is 0 Å². The van der Waals surface area contributed by atoms with Crippen molar-refractivity contribution in [3.05, 3.63) is 54.0 Å². The van der Waals surface area contributed by atoms with Gasteiger partial charge >= 0.3 is 0 Å². The largest absolute Gasteiger partial charge is 0.472 e. The summed E-state index contributed by atoms with van der Waals surface area (Å²) in [5.41, 5.74) is 1.77. The molecular weight excluding hydrogens is 324 g/mol. The standard InChI is InChI=1S/C18H20N2O3S/c1-14-2-4-16(5-3-14)24-13-17(21)19-7-9-20(10-8-19)18(22)15-6-11-23-12-15/h2-6,11-12H,7-10,13H2,1H3. The van der Waals surface area contributed by atoms with Gasteiger partial charge in [0.2, 0.25) is 5.91 Å². The van der Waals surface area contributed by atoms with Crippen LogP contribution in [0.2, 0.25) is 0 Å². The first kappa shape index (κ1) is 16.6. The highest BCUT2D eigenvalue weighted by atomic mass is 32.2. The van der Waals surface area contributed by atoms with Crippen LogP contribution in [0.1, 0.15) is 15.9 Å². The second-order valence-corrected chi connectivity index (χ2v) is 6.84. The molecular formula is C18H20N2O3S. The Morgan fingerprint density at radius 2 is 1.71 bits per heavy atom. The molecule has 0 aliphatic carbocycles. The molecule has 3 rings (SSSR count). The molecule has 1 fully saturated rings. The van der Waals surface area contributed by atoms with Gasteiger partial charge < -0.3 is 14.2 Å². The lowest BCUT2D eigenvalue weighted by Gasteiger charge is -2.34. The molecule has 0 unspecified atom stereocenters. The molecule has 1 aliphatic heterocycles. The average molecular weight is 344 g/mol. The van der Waals surface area contributed by atoms with Gasteiger partial charge in [-0.25, -0.2) is 0 Å². The summed E-state index contributed by atoms with van der Waals surface area (Å²) in [5, 5.41) is 0. The molecule has 2 aromatic rings. The fourth-order valence-corrected chi connectivity index (χ4v) is 3.40. The second kappa shape index (κ2) is 7.57. The van der Waals surface area contributed by atoms with Gasteiger partial charge in [0, 0.05) is 31.1 Å². The maximum Gasteiger partial charge on any atom is 0.257 e. The minimum absolute atomic E-state index is 0.0371. The lowest BCUT2D eigenvalue weighted by Crippen LogP contribution is -2.51. The zero-order chi connectivity index (χ0) is 16.9. The van der Waals surface area contributed by atoms with Crippen LogP contribution in [0.4, 0.5) is 0 Å². The van der Waals surface area contributed by atoms with Crippen LogP contribution in [0.3, 0.4) is 0 Å². The topological polar surface area (TPSA) is 53.8 Å². The zero-order valence-electron chi connectivity index (χ0n) is 13.6. The van der Waals surface area contributed by atoms with Gasteiger partial charge in [-0.3, -0.25) is 9.59 Å². The van der Waals surface area contributed by atoms with E-state index in [0.29, 0.717) is 37.5 Å². The molecule has 24 heavy (non-hydrogen) atoms. The van der Waals surface area contributed by atoms with E-state index in [2.05, 4.69) is 0 Å². The van der Waals surface area contributed by atoms with Crippen LogP contribution < -0.4 is 0 Å². The van der Waals surface area contributed by atoms with E-state index in [-0.39, 0.29) is 11.8 Å². The molecule has 1 saturated heterocycles. The predicted molar refractivity (Wildman–Crippen MR) is 93.1 cm³/mol. The molecule has 1 aliphatic rings. The number of carbonyl (C=O) groups is 2. The number of hydrogen-bond acceptors (Lipinski definition) is 4. The van der Waals surface area contributed by atoms with Gasteiger partial charge in [0.15, 0.2) is 0 Å². The molecule has 0 atom stereocenters. The van der Waals surface area contributed by atoms with E-state index in [0.717, 1.165) is 4.90 Å². The fraction of sp³-hybridized carbons (Fsp3) is 0.333. The Morgan fingerprint density at radius 3 is 2.33 bits per heavy atom. The van der Waals surface area contributed by atoms with Crippen molar-refractivity contribution in [3.63, 3.8) is 0 Å². The zero-order valence-corrected chi connectivity index (χ0v) is 14.4. The van der Waals surface area contributed by atoms with E-state index in [1.54, 1.807) is 22.7 Å². The van der Waals surface area contributed by atoms with Crippen LogP contribution in [-0.4, -0.2) is 53.5 Å². The third-order valence-corrected chi connectivity index (χ3v) is 5.07. The molecule has 1 aromatic carbocycles. The maximum atomic E-state index is 12.3. The molecule has 1 aromatic heterocycles. The highest BCUT2D eigenvalue weighted by Crippen LogP contribution is 2.19. The van der Waals surface area contributed by atoms with Crippen molar-refractivity contribution in [2.45, 2.75) is 11.8 Å². The lowest BCUT2D eigenvalue weighted by molar-refractivity contribution is -0.129. The molecule has 5 nitrogen and oxygen atoms in total. The smallest absolute Gasteiger partial charge is 0.257 e. The summed E-state index contributed by atoms with van der Waals surface area (Å²) in [6.07, 6.45) is 2.95. The number of thioether (sulfide) groups is 1. The molecule has 0 spiro atoms. The Kier molecular flexibility index (Phi) is 5.25. The van der Waals surface area contributed by atoms with Crippen LogP contribution in [0.15, 0.2) is 52.2 Å². The molecule has 126 valence electrons. The Labute approximate surface area is 145 Å². The fourth-order valence-electron chi connectivity index (χ4n) is 2.60. The monoisotopic (exact) mass is 344 g/mol. The van der Waals surface area contributed by atoms with Crippen molar-refractivity contribution in [1.29, 1.82) is 0 Å². The van der Waals surface area contributed by atoms with Crippen molar-refractivity contribution >= 4 is 23.6 Å². The van der Waals surface area contributed by atoms with Gasteiger partial charge in [-0.2, -0.15) is 0 Å². The summed E-state index contributed by atoms with van der Waals surface area (Å²) in [7, 11) is 0. The van der Waals surface area contributed by atoms with E-state index in [9.17, 15) is 9.59 Å². The maximum absolute atomic E-state index is 12.3. The van der Waals surface area contributed by atoms with Crippen molar-refractivity contribution in [1.82, 2.24) is 9.80 Å². The van der Waals surface area contributed by atoms with E-state index in [1.165, 1.54) is 18.1 Å². The highest BCUT2D eigenvalue weighted by Gasteiger charge is 2.25. The van der Waals surface area contributed by atoms with Crippen LogP contribution in [-0.2, 0) is 4.79 Å². The number of amides is 2. The van der Waals surface area contributed by atoms with E-state index >= 15 is 0 Å². The summed E-state index contributed by atoms with van der Waals surface area (Å²) in [5.74, 6) is 0.513. The van der Waals surface area contributed by atoms with Crippen molar-refractivity contribution in [2.75, 3.05) is 31.9 Å². The van der Waals surface area contributed by atoms with E-state index in [1.807, 2.05) is 36.1 Å². The molecule has 0 radical (unpaired) electrons. The number of furan rings is 1. The van der Waals surface area contributed by atoms with Crippen LogP contribution in [0, 0.1) is 6.92 Å². The van der Waals surface area contributed by atoms with Crippen molar-refractivity contribution in [2.24, 2.45) is 0 Å². The van der Waals surface area contributed by atoms with Crippen LogP contribution in [0.5, 0.6) is 0 Å². The average Bonchev–Trinajstić information content (AvgIpc) is 3.15. The molecule has 6 heteroatoms. The summed E-state index contributed by atoms with van der Waals surface area (Å²) in [6, 6.07) is 9.84. The van der Waals surface area contributed by atoms with Gasteiger partial charge in [0.05, 0.1) is 17.6 Å².